The fourth-order valence-electron chi connectivity index (χ4n) is 1.09. The molecule has 70 valence electrons. The van der Waals surface area contributed by atoms with Gasteiger partial charge in [-0.05, 0) is 24.5 Å². The maximum Gasteiger partial charge on any atom is 0.0887 e. The molecule has 0 radical (unpaired) electrons. The Bertz CT molecular complexity index is 288. The molecule has 0 fully saturated rings. The van der Waals surface area contributed by atoms with Gasteiger partial charge in [-0.3, -0.25) is 0 Å². The molecule has 1 aromatic rings. The zero-order valence-corrected chi connectivity index (χ0v) is 8.79. The van der Waals surface area contributed by atoms with E-state index in [9.17, 15) is 0 Å². The topological polar surface area (TPSA) is 44.1 Å². The molecule has 0 heterocycles. The van der Waals surface area contributed by atoms with Crippen molar-refractivity contribution in [3.63, 3.8) is 0 Å². The Hall–Kier alpha value is -0.670. The quantitative estimate of drug-likeness (QED) is 0.782. The summed E-state index contributed by atoms with van der Waals surface area (Å²) in [6.45, 7) is 0. The van der Waals surface area contributed by atoms with Crippen molar-refractivity contribution in [2.45, 2.75) is 18.9 Å². The highest BCUT2D eigenvalue weighted by Gasteiger charge is 2.02. The number of hydrogen-bond acceptors (Lipinski definition) is 2. The minimum Gasteiger partial charge on any atom is -0.387 e. The van der Waals surface area contributed by atoms with Gasteiger partial charge in [0.2, 0.25) is 0 Å². The van der Waals surface area contributed by atoms with Gasteiger partial charge in [0.1, 0.15) is 0 Å². The smallest absolute Gasteiger partial charge is 0.0887 e. The van der Waals surface area contributed by atoms with Crippen LogP contribution in [0.15, 0.2) is 28.7 Å². The fraction of sp³-hybridized carbons (Fsp3) is 0.300. The summed E-state index contributed by atoms with van der Waals surface area (Å²) in [5, 5.41) is 16.0. The first kappa shape index (κ1) is 10.4. The average Bonchev–Trinajstić information content (AvgIpc) is 2.16. The van der Waals surface area contributed by atoms with Crippen LogP contribution in [0, 0.1) is 5.41 Å². The lowest BCUT2D eigenvalue weighted by Crippen LogP contribution is -2.08. The van der Waals surface area contributed by atoms with Crippen molar-refractivity contribution in [3.05, 3.63) is 34.3 Å². The summed E-state index contributed by atoms with van der Waals surface area (Å²) in [5.74, 6) is 0. The molecule has 1 unspecified atom stereocenters. The van der Waals surface area contributed by atoms with Gasteiger partial charge in [0.15, 0.2) is 0 Å². The van der Waals surface area contributed by atoms with Gasteiger partial charge in [-0.25, -0.2) is 0 Å². The van der Waals surface area contributed by atoms with E-state index in [1.165, 1.54) is 5.56 Å². The standard InChI is InChI=1S/C10H12BrNO/c11-10-4-2-1-3-8(10)5-6-9(13)7-12/h1-4,7,9,12-13H,5-6H2. The maximum absolute atomic E-state index is 9.15. The number of nitrogens with one attached hydrogen (secondary N) is 1. The SMILES string of the molecule is N=CC(O)CCc1ccccc1Br. The fourth-order valence-corrected chi connectivity index (χ4v) is 1.57. The molecule has 3 heteroatoms. The van der Waals surface area contributed by atoms with E-state index in [1.807, 2.05) is 24.3 Å². The first-order valence-electron chi connectivity index (χ1n) is 4.16. The lowest BCUT2D eigenvalue weighted by molar-refractivity contribution is 0.235. The highest BCUT2D eigenvalue weighted by atomic mass is 79.9. The molecule has 0 aliphatic carbocycles. The van der Waals surface area contributed by atoms with Crippen LogP contribution in [0.25, 0.3) is 0 Å². The van der Waals surface area contributed by atoms with E-state index in [4.69, 9.17) is 10.5 Å². The van der Waals surface area contributed by atoms with E-state index in [0.717, 1.165) is 17.1 Å². The predicted octanol–water partition coefficient (Wildman–Crippen LogP) is 2.39. The third-order valence-electron chi connectivity index (χ3n) is 1.86. The minimum atomic E-state index is -0.618. The van der Waals surface area contributed by atoms with Crippen LogP contribution in [0.1, 0.15) is 12.0 Å². The number of aliphatic hydroxyl groups excluding tert-OH is 1. The largest absolute Gasteiger partial charge is 0.387 e. The number of aliphatic hydroxyl groups is 1. The normalized spacial score (nSPS) is 12.5. The van der Waals surface area contributed by atoms with Gasteiger partial charge < -0.3 is 10.5 Å². The molecule has 0 saturated heterocycles. The van der Waals surface area contributed by atoms with Crippen molar-refractivity contribution in [3.8, 4) is 0 Å². The molecule has 1 rings (SSSR count). The molecule has 0 aromatic heterocycles. The molecule has 0 bridgehead atoms. The van der Waals surface area contributed by atoms with Gasteiger partial charge in [0.25, 0.3) is 0 Å². The molecule has 2 nitrogen and oxygen atoms in total. The number of halogens is 1. The van der Waals surface area contributed by atoms with Crippen LogP contribution in [0.3, 0.4) is 0 Å². The van der Waals surface area contributed by atoms with Crippen LogP contribution in [-0.4, -0.2) is 17.4 Å². The molecule has 13 heavy (non-hydrogen) atoms. The van der Waals surface area contributed by atoms with E-state index < -0.39 is 6.10 Å². The van der Waals surface area contributed by atoms with E-state index in [1.54, 1.807) is 0 Å². The summed E-state index contributed by atoms with van der Waals surface area (Å²) in [6, 6.07) is 7.92. The number of benzene rings is 1. The van der Waals surface area contributed by atoms with Crippen LogP contribution in [-0.2, 0) is 6.42 Å². The molecular formula is C10H12BrNO. The summed E-state index contributed by atoms with van der Waals surface area (Å²) in [5.41, 5.74) is 1.17. The lowest BCUT2D eigenvalue weighted by atomic mass is 10.1. The third kappa shape index (κ3) is 3.28. The van der Waals surface area contributed by atoms with E-state index in [-0.39, 0.29) is 0 Å². The summed E-state index contributed by atoms with van der Waals surface area (Å²) in [7, 11) is 0. The van der Waals surface area contributed by atoms with Crippen molar-refractivity contribution < 1.29 is 5.11 Å². The Labute approximate surface area is 86.2 Å². The van der Waals surface area contributed by atoms with Crippen LogP contribution in [0.5, 0.6) is 0 Å². The summed E-state index contributed by atoms with van der Waals surface area (Å²) in [4.78, 5) is 0. The third-order valence-corrected chi connectivity index (χ3v) is 2.63. The van der Waals surface area contributed by atoms with Gasteiger partial charge in [-0.2, -0.15) is 0 Å². The highest BCUT2D eigenvalue weighted by molar-refractivity contribution is 9.10. The van der Waals surface area contributed by atoms with E-state index in [0.29, 0.717) is 6.42 Å². The molecule has 1 aromatic carbocycles. The van der Waals surface area contributed by atoms with E-state index in [2.05, 4.69) is 15.9 Å². The van der Waals surface area contributed by atoms with Crippen LogP contribution >= 0.6 is 15.9 Å². The molecule has 0 aliphatic rings. The van der Waals surface area contributed by atoms with Gasteiger partial charge in [0.05, 0.1) is 6.10 Å². The molecule has 2 N–H and O–H groups in total. The van der Waals surface area contributed by atoms with Gasteiger partial charge in [-0.1, -0.05) is 34.1 Å². The average molecular weight is 242 g/mol. The molecule has 1 atom stereocenters. The van der Waals surface area contributed by atoms with E-state index >= 15 is 0 Å². The second kappa shape index (κ2) is 5.14. The maximum atomic E-state index is 9.15. The number of rotatable bonds is 4. The first-order valence-corrected chi connectivity index (χ1v) is 4.95. The van der Waals surface area contributed by atoms with Crippen molar-refractivity contribution in [2.75, 3.05) is 0 Å². The number of hydrogen-bond donors (Lipinski definition) is 2. The van der Waals surface area contributed by atoms with Crippen LogP contribution < -0.4 is 0 Å². The second-order valence-corrected chi connectivity index (χ2v) is 3.72. The Morgan fingerprint density at radius 3 is 2.77 bits per heavy atom. The summed E-state index contributed by atoms with van der Waals surface area (Å²) in [6.07, 6.45) is 1.84. The van der Waals surface area contributed by atoms with Crippen molar-refractivity contribution in [1.82, 2.24) is 0 Å². The zero-order chi connectivity index (χ0) is 9.68. The summed E-state index contributed by atoms with van der Waals surface area (Å²) < 4.78 is 1.06. The molecule has 0 saturated carbocycles. The Kier molecular flexibility index (Phi) is 4.12. The Morgan fingerprint density at radius 1 is 1.46 bits per heavy atom. The second-order valence-electron chi connectivity index (χ2n) is 2.86. The molecular weight excluding hydrogens is 230 g/mol. The molecule has 0 spiro atoms. The number of aryl methyl sites for hydroxylation is 1. The Balaban J connectivity index is 2.54. The summed E-state index contributed by atoms with van der Waals surface area (Å²) >= 11 is 3.43. The van der Waals surface area contributed by atoms with Crippen molar-refractivity contribution in [1.29, 1.82) is 5.41 Å². The molecule has 0 amide bonds. The van der Waals surface area contributed by atoms with Crippen LogP contribution in [0.4, 0.5) is 0 Å². The first-order chi connectivity index (χ1) is 6.24. The lowest BCUT2D eigenvalue weighted by Gasteiger charge is -2.05. The monoisotopic (exact) mass is 241 g/mol. The van der Waals surface area contributed by atoms with Gasteiger partial charge in [0, 0.05) is 10.7 Å². The van der Waals surface area contributed by atoms with Gasteiger partial charge >= 0.3 is 0 Å². The Morgan fingerprint density at radius 2 is 2.15 bits per heavy atom. The minimum absolute atomic E-state index is 0.603. The zero-order valence-electron chi connectivity index (χ0n) is 7.20. The van der Waals surface area contributed by atoms with Crippen molar-refractivity contribution >= 4 is 22.1 Å². The van der Waals surface area contributed by atoms with Crippen LogP contribution in [0.2, 0.25) is 0 Å². The highest BCUT2D eigenvalue weighted by Crippen LogP contribution is 2.17. The van der Waals surface area contributed by atoms with Crippen molar-refractivity contribution in [2.24, 2.45) is 0 Å². The molecule has 0 aliphatic heterocycles. The predicted molar refractivity (Wildman–Crippen MR) is 57.3 cm³/mol. The van der Waals surface area contributed by atoms with Gasteiger partial charge in [-0.15, -0.1) is 0 Å².